The summed E-state index contributed by atoms with van der Waals surface area (Å²) in [5, 5.41) is 8.37. The second-order valence-corrected chi connectivity index (χ2v) is 3.56. The summed E-state index contributed by atoms with van der Waals surface area (Å²) in [5.74, 6) is -3.96. The molecule has 0 saturated heterocycles. The van der Waals surface area contributed by atoms with Crippen LogP contribution in [-0.4, -0.2) is 11.1 Å². The van der Waals surface area contributed by atoms with Crippen molar-refractivity contribution in [2.45, 2.75) is 18.8 Å². The van der Waals surface area contributed by atoms with Crippen molar-refractivity contribution in [2.75, 3.05) is 0 Å². The number of hydrogen-bond acceptors (Lipinski definition) is 1. The van der Waals surface area contributed by atoms with Gasteiger partial charge in [0.15, 0.2) is 0 Å². The molecule has 0 radical (unpaired) electrons. The summed E-state index contributed by atoms with van der Waals surface area (Å²) >= 11 is 0. The van der Waals surface area contributed by atoms with Gasteiger partial charge in [-0.15, -0.1) is 0 Å². The first-order valence-corrected chi connectivity index (χ1v) is 4.61. The Balaban J connectivity index is 3.52. The van der Waals surface area contributed by atoms with Gasteiger partial charge in [-0.3, -0.25) is 4.79 Å². The molecule has 0 bridgehead atoms. The Morgan fingerprint density at radius 1 is 1.05 bits per heavy atom. The van der Waals surface area contributed by atoms with E-state index >= 15 is 0 Å². The maximum Gasteiger partial charge on any atom is 0.419 e. The number of hydrogen-bond donors (Lipinski definition) is 1. The van der Waals surface area contributed by atoms with Gasteiger partial charge >= 0.3 is 18.3 Å². The van der Waals surface area contributed by atoms with Gasteiger partial charge in [0, 0.05) is 0 Å². The lowest BCUT2D eigenvalue weighted by atomic mass is 9.99. The van der Waals surface area contributed by atoms with Crippen LogP contribution in [0.2, 0.25) is 0 Å². The monoisotopic (exact) mass is 290 g/mol. The van der Waals surface area contributed by atoms with E-state index in [0.717, 1.165) is 0 Å². The van der Waals surface area contributed by atoms with Gasteiger partial charge in [-0.1, -0.05) is 0 Å². The van der Waals surface area contributed by atoms with Crippen LogP contribution in [0.4, 0.5) is 30.7 Å². The minimum absolute atomic E-state index is 0.0139. The van der Waals surface area contributed by atoms with E-state index in [0.29, 0.717) is 0 Å². The van der Waals surface area contributed by atoms with Gasteiger partial charge in [-0.25, -0.2) is 4.39 Å². The first kappa shape index (κ1) is 15.3. The fraction of sp³-hybridized carbons (Fsp3) is 0.300. The maximum absolute atomic E-state index is 13.2. The SMILES string of the molecule is O=C(O)Cc1cc(C(F)(F)F)cc(F)c1C(F)(F)F. The molecule has 0 saturated carbocycles. The van der Waals surface area contributed by atoms with Crippen LogP contribution in [0.25, 0.3) is 0 Å². The van der Waals surface area contributed by atoms with Crippen LogP contribution < -0.4 is 0 Å². The van der Waals surface area contributed by atoms with E-state index in [2.05, 4.69) is 0 Å². The van der Waals surface area contributed by atoms with Crippen LogP contribution in [0.15, 0.2) is 12.1 Å². The van der Waals surface area contributed by atoms with Gasteiger partial charge in [0.2, 0.25) is 0 Å². The van der Waals surface area contributed by atoms with Crippen LogP contribution in [0, 0.1) is 5.82 Å². The van der Waals surface area contributed by atoms with Gasteiger partial charge in [0.1, 0.15) is 5.82 Å². The third-order valence-electron chi connectivity index (χ3n) is 2.12. The lowest BCUT2D eigenvalue weighted by Crippen LogP contribution is -2.17. The zero-order valence-electron chi connectivity index (χ0n) is 8.86. The molecule has 2 nitrogen and oxygen atoms in total. The van der Waals surface area contributed by atoms with Crippen molar-refractivity contribution < 1.29 is 40.6 Å². The van der Waals surface area contributed by atoms with Crippen molar-refractivity contribution in [1.82, 2.24) is 0 Å². The summed E-state index contributed by atoms with van der Waals surface area (Å²) in [7, 11) is 0. The van der Waals surface area contributed by atoms with Crippen molar-refractivity contribution in [2.24, 2.45) is 0 Å². The molecule has 9 heteroatoms. The van der Waals surface area contributed by atoms with Crippen LogP contribution in [0.3, 0.4) is 0 Å². The van der Waals surface area contributed by atoms with E-state index in [1.54, 1.807) is 0 Å². The van der Waals surface area contributed by atoms with E-state index in [4.69, 9.17) is 5.11 Å². The number of benzene rings is 1. The molecule has 1 aromatic rings. The average Bonchev–Trinajstić information content (AvgIpc) is 2.11. The fourth-order valence-corrected chi connectivity index (χ4v) is 1.45. The molecule has 0 spiro atoms. The standard InChI is InChI=1S/C10H5F7O2/c11-6-3-5(9(12,13)14)1-4(2-7(18)19)8(6)10(15,16)17/h1,3H,2H2,(H,18,19). The summed E-state index contributed by atoms with van der Waals surface area (Å²) in [6.07, 6.45) is -11.7. The third-order valence-corrected chi connectivity index (χ3v) is 2.12. The second-order valence-electron chi connectivity index (χ2n) is 3.56. The number of carbonyl (C=O) groups is 1. The fourth-order valence-electron chi connectivity index (χ4n) is 1.45. The zero-order chi connectivity index (χ0) is 15.0. The second kappa shape index (κ2) is 4.71. The predicted octanol–water partition coefficient (Wildman–Crippen LogP) is 3.49. The van der Waals surface area contributed by atoms with Crippen LogP contribution >= 0.6 is 0 Å². The highest BCUT2D eigenvalue weighted by atomic mass is 19.4. The summed E-state index contributed by atoms with van der Waals surface area (Å²) in [4.78, 5) is 10.3. The highest BCUT2D eigenvalue weighted by Crippen LogP contribution is 2.38. The smallest absolute Gasteiger partial charge is 0.419 e. The van der Waals surface area contributed by atoms with Crippen molar-refractivity contribution in [3.63, 3.8) is 0 Å². The Hall–Kier alpha value is -1.80. The molecule has 0 heterocycles. The van der Waals surface area contributed by atoms with Crippen LogP contribution in [-0.2, 0) is 23.6 Å². The molecule has 0 amide bonds. The molecule has 0 aliphatic rings. The molecule has 0 atom stereocenters. The van der Waals surface area contributed by atoms with Gasteiger partial charge in [-0.05, 0) is 17.7 Å². The Kier molecular flexibility index (Phi) is 3.78. The van der Waals surface area contributed by atoms with Gasteiger partial charge in [-0.2, -0.15) is 26.3 Å². The molecule has 1 rings (SSSR count). The Bertz CT molecular complexity index is 502. The minimum atomic E-state index is -5.28. The predicted molar refractivity (Wildman–Crippen MR) is 47.7 cm³/mol. The van der Waals surface area contributed by atoms with E-state index < -0.39 is 47.3 Å². The zero-order valence-corrected chi connectivity index (χ0v) is 8.86. The van der Waals surface area contributed by atoms with Crippen molar-refractivity contribution in [1.29, 1.82) is 0 Å². The van der Waals surface area contributed by atoms with Crippen molar-refractivity contribution in [3.8, 4) is 0 Å². The first-order chi connectivity index (χ1) is 8.43. The summed E-state index contributed by atoms with van der Waals surface area (Å²) in [5.41, 5.74) is -4.94. The lowest BCUT2D eigenvalue weighted by Gasteiger charge is -2.15. The maximum atomic E-state index is 13.2. The summed E-state index contributed by atoms with van der Waals surface area (Å²) in [6, 6.07) is -0.325. The highest BCUT2D eigenvalue weighted by Gasteiger charge is 2.40. The number of rotatable bonds is 2. The molecule has 106 valence electrons. The average molecular weight is 290 g/mol. The third kappa shape index (κ3) is 3.58. The minimum Gasteiger partial charge on any atom is -0.481 e. The largest absolute Gasteiger partial charge is 0.481 e. The number of alkyl halides is 6. The van der Waals surface area contributed by atoms with Crippen LogP contribution in [0.5, 0.6) is 0 Å². The molecule has 0 aliphatic carbocycles. The molecule has 1 N–H and O–H groups in total. The topological polar surface area (TPSA) is 37.3 Å². The Morgan fingerprint density at radius 2 is 1.58 bits per heavy atom. The van der Waals surface area contributed by atoms with Gasteiger partial charge in [0.05, 0.1) is 17.5 Å². The Morgan fingerprint density at radius 3 is 1.95 bits per heavy atom. The van der Waals surface area contributed by atoms with Crippen LogP contribution in [0.1, 0.15) is 16.7 Å². The summed E-state index contributed by atoms with van der Waals surface area (Å²) in [6.45, 7) is 0. The number of carboxylic acid groups (broad SMARTS) is 1. The number of halogens is 7. The molecular formula is C10H5F7O2. The Labute approximate surface area is 101 Å². The highest BCUT2D eigenvalue weighted by molar-refractivity contribution is 5.71. The van der Waals surface area contributed by atoms with E-state index in [-0.39, 0.29) is 12.1 Å². The van der Waals surface area contributed by atoms with E-state index in [1.165, 1.54) is 0 Å². The van der Waals surface area contributed by atoms with Crippen molar-refractivity contribution in [3.05, 3.63) is 34.6 Å². The molecule has 0 aliphatic heterocycles. The van der Waals surface area contributed by atoms with Crippen molar-refractivity contribution >= 4 is 5.97 Å². The first-order valence-electron chi connectivity index (χ1n) is 4.61. The molecule has 0 unspecified atom stereocenters. The molecule has 19 heavy (non-hydrogen) atoms. The number of carboxylic acids is 1. The molecule has 0 fully saturated rings. The summed E-state index contributed by atoms with van der Waals surface area (Å²) < 4.78 is 87.6. The molecule has 1 aromatic carbocycles. The van der Waals surface area contributed by atoms with Gasteiger partial charge in [0.25, 0.3) is 0 Å². The lowest BCUT2D eigenvalue weighted by molar-refractivity contribution is -0.144. The van der Waals surface area contributed by atoms with E-state index in [1.807, 2.05) is 0 Å². The normalized spacial score (nSPS) is 12.6. The van der Waals surface area contributed by atoms with Gasteiger partial charge < -0.3 is 5.11 Å². The molecule has 0 aromatic heterocycles. The quantitative estimate of drug-likeness (QED) is 0.846. The number of aliphatic carboxylic acids is 1. The van der Waals surface area contributed by atoms with E-state index in [9.17, 15) is 35.5 Å². The molecular weight excluding hydrogens is 285 g/mol.